The molecule has 9 nitrogen and oxygen atoms in total. The number of aromatic carboxylic acids is 1. The Labute approximate surface area is 157 Å². The summed E-state index contributed by atoms with van der Waals surface area (Å²) in [6.45, 7) is 4.49. The summed E-state index contributed by atoms with van der Waals surface area (Å²) in [6.07, 6.45) is 2.11. The Bertz CT molecular complexity index is 809. The molecule has 0 heterocycles. The SMILES string of the molecule is CC(C)(C)OC(=O)S(=O)(=O)OCNc1ccc(C(=O)O)cc1OCC1CC1. The number of nitrogens with one attached hydrogen (secondary N) is 1. The Kier molecular flexibility index (Phi) is 6.32. The van der Waals surface area contributed by atoms with Crippen LogP contribution in [0.25, 0.3) is 0 Å². The van der Waals surface area contributed by atoms with Crippen molar-refractivity contribution in [2.45, 2.75) is 39.2 Å². The zero-order valence-corrected chi connectivity index (χ0v) is 16.2. The zero-order valence-electron chi connectivity index (χ0n) is 15.4. The molecule has 0 radical (unpaired) electrons. The van der Waals surface area contributed by atoms with Crippen LogP contribution in [0.2, 0.25) is 0 Å². The molecule has 1 saturated carbocycles. The van der Waals surface area contributed by atoms with E-state index in [1.54, 1.807) is 0 Å². The van der Waals surface area contributed by atoms with Crippen molar-refractivity contribution in [3.05, 3.63) is 23.8 Å². The molecule has 0 amide bonds. The highest BCUT2D eigenvalue weighted by Gasteiger charge is 2.30. The second-order valence-corrected chi connectivity index (χ2v) is 8.61. The molecule has 27 heavy (non-hydrogen) atoms. The molecule has 0 saturated heterocycles. The van der Waals surface area contributed by atoms with E-state index in [-0.39, 0.29) is 11.3 Å². The largest absolute Gasteiger partial charge is 0.491 e. The fraction of sp³-hybridized carbons (Fsp3) is 0.529. The quantitative estimate of drug-likeness (QED) is 0.384. The van der Waals surface area contributed by atoms with Crippen LogP contribution in [0.1, 0.15) is 44.0 Å². The summed E-state index contributed by atoms with van der Waals surface area (Å²) in [5, 5.41) is 10.3. The molecule has 0 unspecified atom stereocenters. The topological polar surface area (TPSA) is 128 Å². The maximum absolute atomic E-state index is 11.8. The summed E-state index contributed by atoms with van der Waals surface area (Å²) in [6, 6.07) is 4.13. The van der Waals surface area contributed by atoms with E-state index in [4.69, 9.17) is 14.6 Å². The third-order valence-electron chi connectivity index (χ3n) is 3.47. The first kappa shape index (κ1) is 21.0. The molecule has 1 aromatic rings. The number of hydrogen-bond acceptors (Lipinski definition) is 8. The van der Waals surface area contributed by atoms with E-state index >= 15 is 0 Å². The van der Waals surface area contributed by atoms with E-state index in [0.717, 1.165) is 12.8 Å². The van der Waals surface area contributed by atoms with Gasteiger partial charge in [-0.3, -0.25) is 0 Å². The first-order chi connectivity index (χ1) is 12.5. The van der Waals surface area contributed by atoms with Gasteiger partial charge in [-0.2, -0.15) is 8.42 Å². The zero-order chi connectivity index (χ0) is 20.2. The standard InChI is InChI=1S/C17H23NO8S/c1-17(2,3)26-16(21)27(22,23)25-10-18-13-7-6-12(15(19)20)8-14(13)24-9-11-4-5-11/h6-8,11,18H,4-5,9-10H2,1-3H3,(H,19,20). The van der Waals surface area contributed by atoms with Gasteiger partial charge in [0.1, 0.15) is 18.1 Å². The van der Waals surface area contributed by atoms with Crippen LogP contribution in [0.3, 0.4) is 0 Å². The van der Waals surface area contributed by atoms with E-state index < -0.39 is 33.7 Å². The number of carbonyl (C=O) groups is 2. The average molecular weight is 401 g/mol. The molecule has 1 fully saturated rings. The lowest BCUT2D eigenvalue weighted by atomic mass is 10.2. The number of hydrogen-bond donors (Lipinski definition) is 2. The maximum Gasteiger partial charge on any atom is 0.452 e. The molecule has 2 rings (SSSR count). The molecule has 1 aliphatic carbocycles. The van der Waals surface area contributed by atoms with E-state index in [2.05, 4.69) is 9.50 Å². The summed E-state index contributed by atoms with van der Waals surface area (Å²) in [5.41, 5.74) is -0.592. The van der Waals surface area contributed by atoms with Crippen molar-refractivity contribution in [1.82, 2.24) is 0 Å². The van der Waals surface area contributed by atoms with Gasteiger partial charge in [-0.15, -0.1) is 0 Å². The van der Waals surface area contributed by atoms with Gasteiger partial charge >= 0.3 is 21.4 Å². The third-order valence-corrected chi connectivity index (χ3v) is 4.39. The Hall–Kier alpha value is -2.33. The number of ether oxygens (including phenoxy) is 2. The molecule has 0 spiro atoms. The second-order valence-electron chi connectivity index (χ2n) is 7.13. The number of carbonyl (C=O) groups excluding carboxylic acids is 1. The van der Waals surface area contributed by atoms with Crippen LogP contribution < -0.4 is 10.1 Å². The minimum atomic E-state index is -4.57. The van der Waals surface area contributed by atoms with Crippen molar-refractivity contribution in [3.8, 4) is 5.75 Å². The Morgan fingerprint density at radius 3 is 2.48 bits per heavy atom. The molecular formula is C17H23NO8S. The molecule has 1 aliphatic rings. The van der Waals surface area contributed by atoms with Crippen LogP contribution in [-0.2, 0) is 19.0 Å². The molecule has 0 bridgehead atoms. The van der Waals surface area contributed by atoms with Gasteiger partial charge in [-0.1, -0.05) is 0 Å². The molecule has 0 aliphatic heterocycles. The molecule has 2 N–H and O–H groups in total. The Balaban J connectivity index is 2.01. The van der Waals surface area contributed by atoms with Crippen molar-refractivity contribution in [2.24, 2.45) is 5.92 Å². The van der Waals surface area contributed by atoms with E-state index in [1.807, 2.05) is 0 Å². The average Bonchev–Trinajstić information content (AvgIpc) is 3.36. The van der Waals surface area contributed by atoms with Gasteiger partial charge in [0, 0.05) is 0 Å². The minimum Gasteiger partial charge on any atom is -0.491 e. The van der Waals surface area contributed by atoms with Crippen LogP contribution in [0.4, 0.5) is 10.5 Å². The number of carboxylic acid groups (broad SMARTS) is 1. The van der Waals surface area contributed by atoms with Crippen molar-refractivity contribution < 1.29 is 36.8 Å². The van der Waals surface area contributed by atoms with Gasteiger partial charge in [0.05, 0.1) is 17.9 Å². The fourth-order valence-electron chi connectivity index (χ4n) is 1.95. The molecule has 10 heteroatoms. The van der Waals surface area contributed by atoms with Crippen molar-refractivity contribution in [2.75, 3.05) is 18.7 Å². The minimum absolute atomic E-state index is 0.0358. The normalized spacial score (nSPS) is 14.5. The fourth-order valence-corrected chi connectivity index (χ4v) is 2.61. The van der Waals surface area contributed by atoms with E-state index in [1.165, 1.54) is 39.0 Å². The smallest absolute Gasteiger partial charge is 0.452 e. The van der Waals surface area contributed by atoms with Gasteiger partial charge in [-0.05, 0) is 57.7 Å². The molecule has 0 aromatic heterocycles. The summed E-state index contributed by atoms with van der Waals surface area (Å²) in [5.74, 6) is -0.406. The lowest BCUT2D eigenvalue weighted by Gasteiger charge is -2.19. The maximum atomic E-state index is 11.8. The molecule has 1 aromatic carbocycles. The van der Waals surface area contributed by atoms with Crippen LogP contribution in [0, 0.1) is 5.92 Å². The highest BCUT2D eigenvalue weighted by atomic mass is 32.2. The number of carboxylic acids is 1. The van der Waals surface area contributed by atoms with Crippen molar-refractivity contribution >= 4 is 27.1 Å². The molecule has 150 valence electrons. The van der Waals surface area contributed by atoms with Crippen LogP contribution >= 0.6 is 0 Å². The van der Waals surface area contributed by atoms with E-state index in [0.29, 0.717) is 18.2 Å². The predicted molar refractivity (Wildman–Crippen MR) is 96.3 cm³/mol. The lowest BCUT2D eigenvalue weighted by molar-refractivity contribution is 0.0685. The van der Waals surface area contributed by atoms with Crippen molar-refractivity contribution in [3.63, 3.8) is 0 Å². The number of anilines is 1. The monoisotopic (exact) mass is 401 g/mol. The lowest BCUT2D eigenvalue weighted by Crippen LogP contribution is -2.30. The van der Waals surface area contributed by atoms with Gasteiger partial charge in [-0.25, -0.2) is 13.8 Å². The van der Waals surface area contributed by atoms with Crippen molar-refractivity contribution in [1.29, 1.82) is 0 Å². The highest BCUT2D eigenvalue weighted by Crippen LogP contribution is 2.32. The predicted octanol–water partition coefficient (Wildman–Crippen LogP) is 2.82. The Morgan fingerprint density at radius 1 is 1.26 bits per heavy atom. The summed E-state index contributed by atoms with van der Waals surface area (Å²) in [7, 11) is -4.57. The van der Waals surface area contributed by atoms with Crippen LogP contribution in [-0.4, -0.2) is 43.7 Å². The Morgan fingerprint density at radius 2 is 1.93 bits per heavy atom. The summed E-state index contributed by atoms with van der Waals surface area (Å²) >= 11 is 0. The third kappa shape index (κ3) is 6.72. The number of benzene rings is 1. The van der Waals surface area contributed by atoms with Crippen LogP contribution in [0.15, 0.2) is 18.2 Å². The summed E-state index contributed by atoms with van der Waals surface area (Å²) in [4.78, 5) is 22.8. The number of rotatable bonds is 8. The molecule has 0 atom stereocenters. The first-order valence-corrected chi connectivity index (χ1v) is 9.75. The van der Waals surface area contributed by atoms with Gasteiger partial charge < -0.3 is 19.9 Å². The summed E-state index contributed by atoms with van der Waals surface area (Å²) < 4.78 is 38.6. The first-order valence-electron chi connectivity index (χ1n) is 8.34. The van der Waals surface area contributed by atoms with Crippen LogP contribution in [0.5, 0.6) is 5.75 Å². The van der Waals surface area contributed by atoms with E-state index in [9.17, 15) is 18.0 Å². The molecular weight excluding hydrogens is 378 g/mol. The van der Waals surface area contributed by atoms with Gasteiger partial charge in [0.15, 0.2) is 0 Å². The van der Waals surface area contributed by atoms with Gasteiger partial charge in [0.2, 0.25) is 0 Å². The second kappa shape index (κ2) is 8.13. The highest BCUT2D eigenvalue weighted by molar-refractivity contribution is 8.01. The van der Waals surface area contributed by atoms with Gasteiger partial charge in [0.25, 0.3) is 0 Å².